The molecule has 25 heavy (non-hydrogen) atoms. The summed E-state index contributed by atoms with van der Waals surface area (Å²) in [5.74, 6) is 1.46. The SMILES string of the molecule is CCCOc1ccccc1NC(=O)c1ccc(OC)c(OC)c1OC. The third-order valence-electron chi connectivity index (χ3n) is 3.55. The molecule has 6 nitrogen and oxygen atoms in total. The second kappa shape index (κ2) is 8.82. The minimum atomic E-state index is -0.328. The van der Waals surface area contributed by atoms with Crippen molar-refractivity contribution in [2.45, 2.75) is 13.3 Å². The summed E-state index contributed by atoms with van der Waals surface area (Å²) in [6.45, 7) is 2.60. The van der Waals surface area contributed by atoms with Gasteiger partial charge < -0.3 is 24.3 Å². The molecule has 1 N–H and O–H groups in total. The van der Waals surface area contributed by atoms with Gasteiger partial charge in [-0.2, -0.15) is 0 Å². The van der Waals surface area contributed by atoms with Crippen LogP contribution in [0.1, 0.15) is 23.7 Å². The molecule has 0 spiro atoms. The van der Waals surface area contributed by atoms with Crippen molar-refractivity contribution < 1.29 is 23.7 Å². The summed E-state index contributed by atoms with van der Waals surface area (Å²) in [5.41, 5.74) is 0.934. The van der Waals surface area contributed by atoms with Crippen molar-refractivity contribution in [2.75, 3.05) is 33.3 Å². The molecular formula is C19H23NO5. The normalized spacial score (nSPS) is 10.1. The van der Waals surface area contributed by atoms with Gasteiger partial charge in [0.2, 0.25) is 5.75 Å². The number of hydrogen-bond acceptors (Lipinski definition) is 5. The van der Waals surface area contributed by atoms with Crippen molar-refractivity contribution >= 4 is 11.6 Å². The maximum Gasteiger partial charge on any atom is 0.259 e. The Morgan fingerprint density at radius 1 is 0.920 bits per heavy atom. The summed E-state index contributed by atoms with van der Waals surface area (Å²) in [6, 6.07) is 10.6. The zero-order chi connectivity index (χ0) is 18.2. The van der Waals surface area contributed by atoms with Crippen LogP contribution in [0.5, 0.6) is 23.0 Å². The van der Waals surface area contributed by atoms with Crippen LogP contribution in [-0.4, -0.2) is 33.8 Å². The number of carbonyl (C=O) groups excluding carboxylic acids is 1. The summed E-state index contributed by atoms with van der Waals surface area (Å²) >= 11 is 0. The third-order valence-corrected chi connectivity index (χ3v) is 3.55. The summed E-state index contributed by atoms with van der Waals surface area (Å²) in [4.78, 5) is 12.7. The van der Waals surface area contributed by atoms with E-state index < -0.39 is 0 Å². The largest absolute Gasteiger partial charge is 0.493 e. The van der Waals surface area contributed by atoms with Crippen molar-refractivity contribution in [1.82, 2.24) is 0 Å². The Morgan fingerprint density at radius 2 is 1.64 bits per heavy atom. The van der Waals surface area contributed by atoms with Crippen molar-refractivity contribution in [3.8, 4) is 23.0 Å². The number of ether oxygens (including phenoxy) is 4. The van der Waals surface area contributed by atoms with Crippen LogP contribution in [0.3, 0.4) is 0 Å². The molecule has 0 saturated carbocycles. The number of para-hydroxylation sites is 2. The van der Waals surface area contributed by atoms with Crippen LogP contribution < -0.4 is 24.3 Å². The van der Waals surface area contributed by atoms with Crippen LogP contribution in [0, 0.1) is 0 Å². The number of rotatable bonds is 8. The average Bonchev–Trinajstić information content (AvgIpc) is 2.65. The molecule has 0 heterocycles. The molecular weight excluding hydrogens is 322 g/mol. The topological polar surface area (TPSA) is 66.0 Å². The molecule has 1 amide bonds. The van der Waals surface area contributed by atoms with Gasteiger partial charge in [-0.3, -0.25) is 4.79 Å². The number of amides is 1. The Kier molecular flexibility index (Phi) is 6.51. The lowest BCUT2D eigenvalue weighted by Gasteiger charge is -2.16. The van der Waals surface area contributed by atoms with Crippen molar-refractivity contribution in [3.05, 3.63) is 42.0 Å². The smallest absolute Gasteiger partial charge is 0.259 e. The van der Waals surface area contributed by atoms with Gasteiger partial charge in [0, 0.05) is 0 Å². The number of benzene rings is 2. The van der Waals surface area contributed by atoms with Crippen LogP contribution >= 0.6 is 0 Å². The second-order valence-electron chi connectivity index (χ2n) is 5.18. The molecule has 0 aliphatic heterocycles. The first-order valence-electron chi connectivity index (χ1n) is 7.98. The summed E-state index contributed by atoms with van der Waals surface area (Å²) in [5, 5.41) is 2.86. The zero-order valence-electron chi connectivity index (χ0n) is 14.9. The number of hydrogen-bond donors (Lipinski definition) is 1. The minimum Gasteiger partial charge on any atom is -0.493 e. The number of nitrogens with one attached hydrogen (secondary N) is 1. The molecule has 2 rings (SSSR count). The fraction of sp³-hybridized carbons (Fsp3) is 0.316. The molecule has 6 heteroatoms. The maximum absolute atomic E-state index is 12.7. The van der Waals surface area contributed by atoms with Crippen molar-refractivity contribution in [3.63, 3.8) is 0 Å². The van der Waals surface area contributed by atoms with Gasteiger partial charge in [-0.1, -0.05) is 19.1 Å². The van der Waals surface area contributed by atoms with E-state index in [1.165, 1.54) is 21.3 Å². The average molecular weight is 345 g/mol. The molecule has 0 radical (unpaired) electrons. The number of anilines is 1. The first-order chi connectivity index (χ1) is 12.2. The molecule has 0 bridgehead atoms. The second-order valence-corrected chi connectivity index (χ2v) is 5.18. The Hall–Kier alpha value is -2.89. The highest BCUT2D eigenvalue weighted by Crippen LogP contribution is 2.40. The molecule has 0 saturated heterocycles. The number of methoxy groups -OCH3 is 3. The van der Waals surface area contributed by atoms with Crippen LogP contribution in [0.25, 0.3) is 0 Å². The van der Waals surface area contributed by atoms with E-state index in [1.54, 1.807) is 18.2 Å². The molecule has 0 fully saturated rings. The van der Waals surface area contributed by atoms with E-state index in [4.69, 9.17) is 18.9 Å². The predicted octanol–water partition coefficient (Wildman–Crippen LogP) is 3.75. The predicted molar refractivity (Wildman–Crippen MR) is 96.3 cm³/mol. The fourth-order valence-electron chi connectivity index (χ4n) is 2.38. The maximum atomic E-state index is 12.7. The quantitative estimate of drug-likeness (QED) is 0.789. The lowest BCUT2D eigenvalue weighted by Crippen LogP contribution is -2.15. The van der Waals surface area contributed by atoms with Gasteiger partial charge in [0.05, 0.1) is 39.2 Å². The standard InChI is InChI=1S/C19H23NO5/c1-5-12-25-15-9-7-6-8-14(15)20-19(21)13-10-11-16(22-2)18(24-4)17(13)23-3/h6-11H,5,12H2,1-4H3,(H,20,21). The Bertz CT molecular complexity index is 730. The van der Waals surface area contributed by atoms with Crippen LogP contribution in [0.4, 0.5) is 5.69 Å². The molecule has 0 aromatic heterocycles. The van der Waals surface area contributed by atoms with E-state index in [-0.39, 0.29) is 5.91 Å². The van der Waals surface area contributed by atoms with Gasteiger partial charge in [-0.15, -0.1) is 0 Å². The summed E-state index contributed by atoms with van der Waals surface area (Å²) in [7, 11) is 4.50. The van der Waals surface area contributed by atoms with E-state index in [9.17, 15) is 4.79 Å². The molecule has 0 aliphatic carbocycles. The highest BCUT2D eigenvalue weighted by atomic mass is 16.5. The van der Waals surface area contributed by atoms with Gasteiger partial charge in [0.25, 0.3) is 5.91 Å². The molecule has 2 aromatic carbocycles. The Balaban J connectivity index is 2.33. The van der Waals surface area contributed by atoms with Gasteiger partial charge in [-0.25, -0.2) is 0 Å². The lowest BCUT2D eigenvalue weighted by molar-refractivity contribution is 0.102. The van der Waals surface area contributed by atoms with E-state index >= 15 is 0 Å². The van der Waals surface area contributed by atoms with Crippen molar-refractivity contribution in [2.24, 2.45) is 0 Å². The highest BCUT2D eigenvalue weighted by Gasteiger charge is 2.21. The first-order valence-corrected chi connectivity index (χ1v) is 7.98. The van der Waals surface area contributed by atoms with Gasteiger partial charge in [0.1, 0.15) is 5.75 Å². The van der Waals surface area contributed by atoms with Crippen LogP contribution in [0.2, 0.25) is 0 Å². The monoisotopic (exact) mass is 345 g/mol. The minimum absolute atomic E-state index is 0.311. The van der Waals surface area contributed by atoms with Crippen molar-refractivity contribution in [1.29, 1.82) is 0 Å². The molecule has 0 atom stereocenters. The van der Waals surface area contributed by atoms with Crippen LogP contribution in [-0.2, 0) is 0 Å². The van der Waals surface area contributed by atoms with Gasteiger partial charge in [-0.05, 0) is 30.7 Å². The van der Waals surface area contributed by atoms with Gasteiger partial charge >= 0.3 is 0 Å². The van der Waals surface area contributed by atoms with E-state index in [0.717, 1.165) is 6.42 Å². The lowest BCUT2D eigenvalue weighted by atomic mass is 10.1. The Labute approximate surface area is 147 Å². The number of carbonyl (C=O) groups is 1. The molecule has 0 aliphatic rings. The zero-order valence-corrected chi connectivity index (χ0v) is 14.9. The Morgan fingerprint density at radius 3 is 2.28 bits per heavy atom. The van der Waals surface area contributed by atoms with Gasteiger partial charge in [0.15, 0.2) is 11.5 Å². The molecule has 0 unspecified atom stereocenters. The summed E-state index contributed by atoms with van der Waals surface area (Å²) in [6.07, 6.45) is 0.881. The molecule has 2 aromatic rings. The van der Waals surface area contributed by atoms with E-state index in [2.05, 4.69) is 5.32 Å². The molecule has 134 valence electrons. The third kappa shape index (κ3) is 4.15. The van der Waals surface area contributed by atoms with Crippen LogP contribution in [0.15, 0.2) is 36.4 Å². The first kappa shape index (κ1) is 18.4. The van der Waals surface area contributed by atoms with E-state index in [1.807, 2.05) is 25.1 Å². The summed E-state index contributed by atoms with van der Waals surface area (Å²) < 4.78 is 21.6. The van der Waals surface area contributed by atoms with E-state index in [0.29, 0.717) is 40.9 Å². The fourth-order valence-corrected chi connectivity index (χ4v) is 2.38. The highest BCUT2D eigenvalue weighted by molar-refractivity contribution is 6.07.